The first-order valence-corrected chi connectivity index (χ1v) is 12.9. The Morgan fingerprint density at radius 2 is 1.34 bits per heavy atom. The molecule has 5 heterocycles. The molecule has 0 atom stereocenters. The van der Waals surface area contributed by atoms with E-state index in [9.17, 15) is 0 Å². The lowest BCUT2D eigenvalue weighted by atomic mass is 10.0. The van der Waals surface area contributed by atoms with Gasteiger partial charge >= 0.3 is 0 Å². The van der Waals surface area contributed by atoms with Crippen LogP contribution in [0.25, 0.3) is 82.5 Å². The van der Waals surface area contributed by atoms with Gasteiger partial charge in [0.05, 0.1) is 27.9 Å². The molecular weight excluding hydrogens is 464 g/mol. The highest BCUT2D eigenvalue weighted by Crippen LogP contribution is 2.39. The predicted molar refractivity (Wildman–Crippen MR) is 157 cm³/mol. The van der Waals surface area contributed by atoms with E-state index in [-0.39, 0.29) is 0 Å². The molecule has 9 aromatic rings. The van der Waals surface area contributed by atoms with E-state index in [1.807, 2.05) is 12.3 Å². The highest BCUT2D eigenvalue weighted by Gasteiger charge is 2.18. The van der Waals surface area contributed by atoms with Crippen molar-refractivity contribution in [2.45, 2.75) is 0 Å². The highest BCUT2D eigenvalue weighted by molar-refractivity contribution is 6.22. The zero-order valence-electron chi connectivity index (χ0n) is 20.3. The standard InChI is InChI=1S/C34H20N4/c1-2-13-29-21(7-1)23-8-3-11-27(32(23)37-29)30-15-5-14-28(36-30)20-16-17-22-24-9-4-10-25-26-12-6-18-35-34(26)38(33(24)25)31(22)19-20/h1-19,37H. The van der Waals surface area contributed by atoms with Crippen LogP contribution >= 0.6 is 0 Å². The van der Waals surface area contributed by atoms with Gasteiger partial charge in [-0.05, 0) is 36.4 Å². The van der Waals surface area contributed by atoms with Crippen molar-refractivity contribution in [2.75, 3.05) is 0 Å². The number of nitrogens with zero attached hydrogens (tertiary/aromatic N) is 3. The van der Waals surface area contributed by atoms with E-state index in [0.29, 0.717) is 0 Å². The molecule has 0 saturated carbocycles. The Balaban J connectivity index is 1.27. The lowest BCUT2D eigenvalue weighted by Gasteiger charge is -2.07. The van der Waals surface area contributed by atoms with Gasteiger partial charge in [0.25, 0.3) is 0 Å². The van der Waals surface area contributed by atoms with E-state index in [1.54, 1.807) is 0 Å². The maximum atomic E-state index is 5.16. The summed E-state index contributed by atoms with van der Waals surface area (Å²) in [6.07, 6.45) is 1.88. The average molecular weight is 485 g/mol. The summed E-state index contributed by atoms with van der Waals surface area (Å²) in [6.45, 7) is 0. The molecule has 4 nitrogen and oxygen atoms in total. The summed E-state index contributed by atoms with van der Waals surface area (Å²) in [5.41, 5.74) is 9.77. The first-order valence-electron chi connectivity index (χ1n) is 12.9. The van der Waals surface area contributed by atoms with Crippen molar-refractivity contribution in [3.63, 3.8) is 0 Å². The van der Waals surface area contributed by atoms with Crippen molar-refractivity contribution in [3.05, 3.63) is 115 Å². The van der Waals surface area contributed by atoms with Crippen LogP contribution < -0.4 is 0 Å². The van der Waals surface area contributed by atoms with E-state index < -0.39 is 0 Å². The number of benzene rings is 4. The minimum Gasteiger partial charge on any atom is -0.354 e. The minimum absolute atomic E-state index is 0.954. The van der Waals surface area contributed by atoms with Gasteiger partial charge in [0.1, 0.15) is 5.65 Å². The molecule has 0 amide bonds. The van der Waals surface area contributed by atoms with Gasteiger partial charge in [-0.1, -0.05) is 72.8 Å². The van der Waals surface area contributed by atoms with Crippen LogP contribution in [0.1, 0.15) is 0 Å². The average Bonchev–Trinajstić information content (AvgIpc) is 3.64. The quantitative estimate of drug-likeness (QED) is 0.267. The molecule has 0 aliphatic rings. The molecule has 1 N–H and O–H groups in total. The number of aromatic amines is 1. The molecule has 0 aliphatic carbocycles. The van der Waals surface area contributed by atoms with Crippen molar-refractivity contribution < 1.29 is 0 Å². The fourth-order valence-electron chi connectivity index (χ4n) is 6.28. The second-order valence-corrected chi connectivity index (χ2v) is 9.95. The topological polar surface area (TPSA) is 46.0 Å². The molecule has 0 unspecified atom stereocenters. The van der Waals surface area contributed by atoms with Crippen LogP contribution in [0, 0.1) is 0 Å². The molecule has 0 bridgehead atoms. The Morgan fingerprint density at radius 3 is 2.32 bits per heavy atom. The number of H-pyrrole nitrogens is 1. The number of para-hydroxylation sites is 3. The van der Waals surface area contributed by atoms with Crippen LogP contribution in [0.2, 0.25) is 0 Å². The third-order valence-electron chi connectivity index (χ3n) is 7.94. The number of fused-ring (bicyclic) bond motifs is 9. The number of rotatable bonds is 2. The molecule has 4 heteroatoms. The van der Waals surface area contributed by atoms with Gasteiger partial charge in [-0.3, -0.25) is 4.40 Å². The third-order valence-corrected chi connectivity index (χ3v) is 7.94. The van der Waals surface area contributed by atoms with Gasteiger partial charge in [-0.25, -0.2) is 9.97 Å². The van der Waals surface area contributed by atoms with Gasteiger partial charge in [0.2, 0.25) is 0 Å². The van der Waals surface area contributed by atoms with Crippen molar-refractivity contribution >= 4 is 60.0 Å². The molecule has 0 saturated heterocycles. The normalized spacial score (nSPS) is 12.2. The summed E-state index contributed by atoms with van der Waals surface area (Å²) in [5, 5.41) is 7.38. The Hall–Kier alpha value is -5.22. The molecule has 4 aromatic carbocycles. The maximum Gasteiger partial charge on any atom is 0.145 e. The summed E-state index contributed by atoms with van der Waals surface area (Å²) >= 11 is 0. The van der Waals surface area contributed by atoms with Crippen molar-refractivity contribution in [1.29, 1.82) is 0 Å². The Morgan fingerprint density at radius 1 is 0.579 bits per heavy atom. The summed E-state index contributed by atoms with van der Waals surface area (Å²) < 4.78 is 2.31. The van der Waals surface area contributed by atoms with Gasteiger partial charge in [-0.2, -0.15) is 0 Å². The first-order chi connectivity index (χ1) is 18.8. The lowest BCUT2D eigenvalue weighted by Crippen LogP contribution is -1.90. The smallest absolute Gasteiger partial charge is 0.145 e. The summed E-state index contributed by atoms with van der Waals surface area (Å²) in [7, 11) is 0. The van der Waals surface area contributed by atoms with Crippen LogP contribution in [0.5, 0.6) is 0 Å². The molecule has 0 fully saturated rings. The van der Waals surface area contributed by atoms with Crippen molar-refractivity contribution in [3.8, 4) is 22.5 Å². The number of aromatic nitrogens is 4. The summed E-state index contributed by atoms with van der Waals surface area (Å²) in [5.74, 6) is 0. The van der Waals surface area contributed by atoms with Crippen LogP contribution in [0.15, 0.2) is 115 Å². The zero-order chi connectivity index (χ0) is 24.8. The Labute approximate surface area is 217 Å². The van der Waals surface area contributed by atoms with Crippen LogP contribution in [0.4, 0.5) is 0 Å². The van der Waals surface area contributed by atoms with Crippen molar-refractivity contribution in [1.82, 2.24) is 19.4 Å². The fourth-order valence-corrected chi connectivity index (χ4v) is 6.28. The van der Waals surface area contributed by atoms with Gasteiger partial charge in [-0.15, -0.1) is 0 Å². The number of nitrogens with one attached hydrogen (secondary N) is 1. The van der Waals surface area contributed by atoms with Gasteiger partial charge < -0.3 is 4.98 Å². The molecule has 0 aliphatic heterocycles. The van der Waals surface area contributed by atoms with Crippen LogP contribution in [0.3, 0.4) is 0 Å². The minimum atomic E-state index is 0.954. The van der Waals surface area contributed by atoms with E-state index in [2.05, 4.69) is 113 Å². The van der Waals surface area contributed by atoms with Crippen LogP contribution in [-0.2, 0) is 0 Å². The fraction of sp³-hybridized carbons (Fsp3) is 0. The molecule has 5 aromatic heterocycles. The largest absolute Gasteiger partial charge is 0.354 e. The number of pyridine rings is 2. The molecule has 38 heavy (non-hydrogen) atoms. The summed E-state index contributed by atoms with van der Waals surface area (Å²) in [4.78, 5) is 13.6. The van der Waals surface area contributed by atoms with Crippen LogP contribution in [-0.4, -0.2) is 19.4 Å². The first kappa shape index (κ1) is 19.9. The number of hydrogen-bond donors (Lipinski definition) is 1. The SMILES string of the molecule is c1cc(-c2ccc3c4cccc5c6cccnc6n(c3c2)c45)nc(-c2cccc3c2[nH]c2ccccc23)c1. The monoisotopic (exact) mass is 484 g/mol. The number of hydrogen-bond acceptors (Lipinski definition) is 2. The van der Waals surface area contributed by atoms with E-state index in [4.69, 9.17) is 9.97 Å². The second-order valence-electron chi connectivity index (χ2n) is 9.95. The predicted octanol–water partition coefficient (Wildman–Crippen LogP) is 8.60. The van der Waals surface area contributed by atoms with Gasteiger partial charge in [0.15, 0.2) is 0 Å². The third kappa shape index (κ3) is 2.53. The zero-order valence-corrected chi connectivity index (χ0v) is 20.3. The highest BCUT2D eigenvalue weighted by atomic mass is 15.0. The Bertz CT molecular complexity index is 2360. The molecule has 9 rings (SSSR count). The van der Waals surface area contributed by atoms with E-state index in [0.717, 1.165) is 44.7 Å². The molecule has 176 valence electrons. The second kappa shape index (κ2) is 7.17. The van der Waals surface area contributed by atoms with Gasteiger partial charge in [0, 0.05) is 55.2 Å². The Kier molecular flexibility index (Phi) is 3.76. The summed E-state index contributed by atoms with van der Waals surface area (Å²) in [6, 6.07) is 38.6. The molecule has 0 radical (unpaired) electrons. The molecule has 0 spiro atoms. The van der Waals surface area contributed by atoms with Crippen molar-refractivity contribution in [2.24, 2.45) is 0 Å². The van der Waals surface area contributed by atoms with E-state index in [1.165, 1.54) is 37.8 Å². The molecular formula is C34H20N4. The lowest BCUT2D eigenvalue weighted by molar-refractivity contribution is 1.26. The maximum absolute atomic E-state index is 5.16. The van der Waals surface area contributed by atoms with E-state index >= 15 is 0 Å².